The summed E-state index contributed by atoms with van der Waals surface area (Å²) in [5.41, 5.74) is 0. The van der Waals surface area contributed by atoms with Gasteiger partial charge < -0.3 is 25.5 Å². The third-order valence-corrected chi connectivity index (χ3v) is 19.1. The molecule has 6 aliphatic heterocycles. The highest BCUT2D eigenvalue weighted by molar-refractivity contribution is 7.92. The van der Waals surface area contributed by atoms with Crippen LogP contribution >= 0.6 is 0 Å². The van der Waals surface area contributed by atoms with Crippen molar-refractivity contribution >= 4 is 47.3 Å². The molecule has 9 rings (SSSR count). The van der Waals surface area contributed by atoms with Crippen molar-refractivity contribution in [3.63, 3.8) is 0 Å². The molecular formula is C50H73N7O10S3. The first-order chi connectivity index (χ1) is 33.6. The Kier molecular flexibility index (Phi) is 21.2. The molecule has 6 fully saturated rings. The Bertz CT molecular complexity index is 2310. The number of hydrogen-bond acceptors (Lipinski definition) is 14. The summed E-state index contributed by atoms with van der Waals surface area (Å²) in [4.78, 5) is 46.9. The quantitative estimate of drug-likeness (QED) is 0.238. The van der Waals surface area contributed by atoms with Gasteiger partial charge in [0.1, 0.15) is 0 Å². The first-order valence-corrected chi connectivity index (χ1v) is 29.8. The number of piperazine rings is 4. The number of carboxylic acids is 1. The molecule has 0 aromatic heterocycles. The third kappa shape index (κ3) is 16.9. The molecule has 0 bridgehead atoms. The minimum atomic E-state index is -3.44. The van der Waals surface area contributed by atoms with Crippen molar-refractivity contribution in [3.05, 3.63) is 91.0 Å². The van der Waals surface area contributed by atoms with Gasteiger partial charge in [0.25, 0.3) is 0 Å². The number of piperidine rings is 2. The minimum absolute atomic E-state index is 0.0327. The van der Waals surface area contributed by atoms with Crippen LogP contribution in [-0.4, -0.2) is 200 Å². The molecule has 0 saturated carbocycles. The van der Waals surface area contributed by atoms with Crippen LogP contribution in [0, 0.1) is 0 Å². The normalized spacial score (nSPS) is 22.1. The lowest BCUT2D eigenvalue weighted by Gasteiger charge is -2.44. The summed E-state index contributed by atoms with van der Waals surface area (Å²) in [6.07, 6.45) is 7.68. The van der Waals surface area contributed by atoms with Gasteiger partial charge in [0, 0.05) is 110 Å². The Balaban J connectivity index is 0.000000160. The zero-order valence-corrected chi connectivity index (χ0v) is 42.8. The predicted molar refractivity (Wildman–Crippen MR) is 270 cm³/mol. The monoisotopic (exact) mass is 1030 g/mol. The molecule has 6 saturated heterocycles. The molecule has 3 atom stereocenters. The number of aliphatic carboxylic acids is 1. The van der Waals surface area contributed by atoms with Crippen LogP contribution in [0.3, 0.4) is 0 Å². The van der Waals surface area contributed by atoms with Crippen molar-refractivity contribution < 1.29 is 44.7 Å². The van der Waals surface area contributed by atoms with E-state index in [9.17, 15) is 39.6 Å². The molecule has 386 valence electrons. The zero-order chi connectivity index (χ0) is 50.0. The van der Waals surface area contributed by atoms with Gasteiger partial charge in [0.05, 0.1) is 38.4 Å². The van der Waals surface area contributed by atoms with Gasteiger partial charge in [-0.2, -0.15) is 0 Å². The highest BCUT2D eigenvalue weighted by Gasteiger charge is 2.33. The van der Waals surface area contributed by atoms with Crippen LogP contribution in [0.2, 0.25) is 0 Å². The highest BCUT2D eigenvalue weighted by Crippen LogP contribution is 2.23. The minimum Gasteiger partial charge on any atom is -0.481 e. The Labute approximate surface area is 415 Å². The summed E-state index contributed by atoms with van der Waals surface area (Å²) < 4.78 is 72.0. The molecule has 3 aromatic carbocycles. The number of hydrogen-bond donors (Lipinski definition) is 3. The van der Waals surface area contributed by atoms with Crippen molar-refractivity contribution in [1.82, 2.24) is 35.1 Å². The van der Waals surface area contributed by atoms with E-state index in [1.807, 2.05) is 9.80 Å². The lowest BCUT2D eigenvalue weighted by atomic mass is 9.99. The third-order valence-electron chi connectivity index (χ3n) is 13.9. The maximum atomic E-state index is 12.4. The van der Waals surface area contributed by atoms with Gasteiger partial charge in [-0.25, -0.2) is 25.3 Å². The van der Waals surface area contributed by atoms with Gasteiger partial charge in [-0.15, -0.1) is 0 Å². The van der Waals surface area contributed by atoms with Crippen LogP contribution in [0.15, 0.2) is 106 Å². The van der Waals surface area contributed by atoms with E-state index in [1.165, 1.54) is 70.4 Å². The van der Waals surface area contributed by atoms with Gasteiger partial charge in [0.15, 0.2) is 29.5 Å². The predicted octanol–water partition coefficient (Wildman–Crippen LogP) is 2.89. The molecule has 3 N–H and O–H groups in total. The van der Waals surface area contributed by atoms with E-state index in [2.05, 4.69) is 25.3 Å². The number of nitrogens with zero attached hydrogens (tertiary/aromatic N) is 5. The average molecular weight is 1030 g/mol. The van der Waals surface area contributed by atoms with Crippen molar-refractivity contribution in [2.24, 2.45) is 0 Å². The Hall–Kier alpha value is -4.28. The lowest BCUT2D eigenvalue weighted by molar-refractivity contribution is -0.136. The van der Waals surface area contributed by atoms with Crippen molar-refractivity contribution in [2.45, 2.75) is 90.6 Å². The number of sulfone groups is 3. The molecule has 6 heterocycles. The van der Waals surface area contributed by atoms with Gasteiger partial charge in [-0.1, -0.05) is 67.4 Å². The van der Waals surface area contributed by atoms with Crippen LogP contribution in [0.5, 0.6) is 0 Å². The number of carbonyl (C=O) groups excluding carboxylic acids is 2. The summed E-state index contributed by atoms with van der Waals surface area (Å²) in [5, 5.41) is 15.1. The van der Waals surface area contributed by atoms with Crippen LogP contribution in [0.1, 0.15) is 57.8 Å². The maximum Gasteiger partial charge on any atom is 0.304 e. The van der Waals surface area contributed by atoms with Crippen LogP contribution in [-0.2, 0) is 43.9 Å². The lowest BCUT2D eigenvalue weighted by Crippen LogP contribution is -2.62. The van der Waals surface area contributed by atoms with E-state index in [-0.39, 0.29) is 58.1 Å². The fourth-order valence-corrected chi connectivity index (χ4v) is 13.5. The second-order valence-corrected chi connectivity index (χ2v) is 25.0. The number of rotatable bonds is 12. The Morgan fingerprint density at radius 2 is 0.829 bits per heavy atom. The number of carboxylic acid groups (broad SMARTS) is 1. The Morgan fingerprint density at radius 1 is 0.457 bits per heavy atom. The molecule has 6 aliphatic rings. The molecule has 3 aromatic rings. The molecule has 20 heteroatoms. The van der Waals surface area contributed by atoms with E-state index < -0.39 is 35.5 Å². The average Bonchev–Trinajstić information content (AvgIpc) is 3.40. The molecule has 2 amide bonds. The first kappa shape index (κ1) is 55.0. The summed E-state index contributed by atoms with van der Waals surface area (Å²) in [5.74, 6) is -1.79. The van der Waals surface area contributed by atoms with Crippen LogP contribution < -0.4 is 10.6 Å². The smallest absolute Gasteiger partial charge is 0.304 e. The summed E-state index contributed by atoms with van der Waals surface area (Å²) in [7, 11) is -10.2. The van der Waals surface area contributed by atoms with Gasteiger partial charge in [0.2, 0.25) is 11.8 Å². The summed E-state index contributed by atoms with van der Waals surface area (Å²) in [6, 6.07) is 26.2. The molecule has 17 nitrogen and oxygen atoms in total. The molecule has 70 heavy (non-hydrogen) atoms. The van der Waals surface area contributed by atoms with Gasteiger partial charge in [-0.05, 0) is 75.2 Å². The molecule has 0 spiro atoms. The number of amides is 2. The molecular weight excluding hydrogens is 955 g/mol. The number of nitrogens with one attached hydrogen (secondary N) is 2. The number of fused-ring (bicyclic) bond motifs is 3. The zero-order valence-electron chi connectivity index (χ0n) is 40.4. The van der Waals surface area contributed by atoms with Crippen LogP contribution in [0.4, 0.5) is 0 Å². The van der Waals surface area contributed by atoms with Gasteiger partial charge in [-0.3, -0.25) is 29.1 Å². The second-order valence-electron chi connectivity index (χ2n) is 18.7. The standard InChI is InChI=1S/C17H24N2O3S.C16H23N3O3S.C9H10O4S.C8H16N2/c20-17(9-13-23(21,22)16-7-2-1-3-8-16)19-12-11-18-10-5-4-6-15(18)14-19;20-16(6-11-23(21,22)15-4-2-1-3-5-15)19-10-9-18-8-7-17-12-14(18)13-19;10-9(11)6-7-14(12,13)8-4-2-1-3-5-8;1-2-5-10-6-4-9-7-8(10)3-1/h1-3,7-8,15H,4-6,9-14H2;1-5,14,17H,6-13H2;1-5H,6-7H2,(H,10,11);8-9H,1-7H2. The maximum absolute atomic E-state index is 12.4. The Morgan fingerprint density at radius 3 is 1.26 bits per heavy atom. The number of benzene rings is 3. The van der Waals surface area contributed by atoms with E-state index in [4.69, 9.17) is 5.11 Å². The molecule has 3 unspecified atom stereocenters. The number of carbonyl (C=O) groups is 3. The van der Waals surface area contributed by atoms with Crippen LogP contribution in [0.25, 0.3) is 0 Å². The van der Waals surface area contributed by atoms with Crippen molar-refractivity contribution in [1.29, 1.82) is 0 Å². The van der Waals surface area contributed by atoms with Crippen molar-refractivity contribution in [3.8, 4) is 0 Å². The highest BCUT2D eigenvalue weighted by atomic mass is 32.2. The van der Waals surface area contributed by atoms with Gasteiger partial charge >= 0.3 is 5.97 Å². The second kappa shape index (κ2) is 27.0. The van der Waals surface area contributed by atoms with E-state index in [0.717, 1.165) is 64.8 Å². The van der Waals surface area contributed by atoms with E-state index in [1.54, 1.807) is 78.9 Å². The fraction of sp³-hybridized carbons (Fsp3) is 0.580. The first-order valence-electron chi connectivity index (χ1n) is 24.9. The summed E-state index contributed by atoms with van der Waals surface area (Å²) >= 11 is 0. The molecule has 0 aliphatic carbocycles. The largest absolute Gasteiger partial charge is 0.481 e. The fourth-order valence-electron chi connectivity index (χ4n) is 9.78. The topological polar surface area (TPSA) is 214 Å². The van der Waals surface area contributed by atoms with E-state index in [0.29, 0.717) is 30.1 Å². The SMILES string of the molecule is C1CCN2CCNCC2C1.O=C(CCS(=O)(=O)c1ccccc1)N1CCN2CCCCC2C1.O=C(CCS(=O)(=O)c1ccccc1)N1CCN2CCNCC2C1.O=C(O)CCS(=O)(=O)c1ccccc1. The summed E-state index contributed by atoms with van der Waals surface area (Å²) in [6.45, 7) is 13.8. The molecule has 0 radical (unpaired) electrons. The van der Waals surface area contributed by atoms with E-state index >= 15 is 0 Å². The van der Waals surface area contributed by atoms with Crippen molar-refractivity contribution in [2.75, 3.05) is 109 Å².